The standard InChI is InChI=1S/C27H30N4O4/c1-17(18-7-4-3-5-8-18)31(24(33)19-9-6-10-19)16-23(32)28-22-12-11-20-14-27(15-21(20)13-22)25(34)29-26(35)30(27)2/h3-5,7-8,11-13,17,19H,6,9-10,14-16H2,1-2H3,(H,28,32)(H,29,34,35)/t17-,27+/m1/s1. The molecule has 1 saturated carbocycles. The van der Waals surface area contributed by atoms with E-state index in [1.54, 1.807) is 11.9 Å². The minimum absolute atomic E-state index is 0.0117. The molecule has 1 heterocycles. The molecule has 5 rings (SSSR count). The fourth-order valence-corrected chi connectivity index (χ4v) is 5.34. The largest absolute Gasteiger partial charge is 0.326 e. The van der Waals surface area contributed by atoms with Gasteiger partial charge in [-0.15, -0.1) is 0 Å². The number of imide groups is 1. The number of hydrogen-bond acceptors (Lipinski definition) is 4. The first-order valence-corrected chi connectivity index (χ1v) is 12.1. The summed E-state index contributed by atoms with van der Waals surface area (Å²) in [6, 6.07) is 14.7. The molecular formula is C27H30N4O4. The van der Waals surface area contributed by atoms with Crippen molar-refractivity contribution in [1.29, 1.82) is 0 Å². The van der Waals surface area contributed by atoms with E-state index in [1.165, 1.54) is 4.90 Å². The normalized spacial score (nSPS) is 21.9. The molecule has 2 aromatic carbocycles. The number of fused-ring (bicyclic) bond motifs is 1. The van der Waals surface area contributed by atoms with E-state index in [2.05, 4.69) is 10.6 Å². The van der Waals surface area contributed by atoms with Crippen LogP contribution >= 0.6 is 0 Å². The molecule has 0 bridgehead atoms. The third kappa shape index (κ3) is 4.07. The van der Waals surface area contributed by atoms with Crippen molar-refractivity contribution in [2.45, 2.75) is 50.6 Å². The van der Waals surface area contributed by atoms with Gasteiger partial charge in [0.15, 0.2) is 0 Å². The van der Waals surface area contributed by atoms with Crippen LogP contribution in [0.1, 0.15) is 48.9 Å². The minimum Gasteiger partial charge on any atom is -0.326 e. The molecule has 1 aliphatic heterocycles. The maximum Gasteiger partial charge on any atom is 0.324 e. The van der Waals surface area contributed by atoms with Gasteiger partial charge in [-0.05, 0) is 48.6 Å². The van der Waals surface area contributed by atoms with Crippen molar-refractivity contribution in [1.82, 2.24) is 15.1 Å². The van der Waals surface area contributed by atoms with E-state index in [9.17, 15) is 19.2 Å². The van der Waals surface area contributed by atoms with Crippen molar-refractivity contribution in [3.63, 3.8) is 0 Å². The van der Waals surface area contributed by atoms with Crippen LogP contribution in [0.25, 0.3) is 0 Å². The Labute approximate surface area is 204 Å². The Morgan fingerprint density at radius 3 is 2.46 bits per heavy atom. The number of benzene rings is 2. The lowest BCUT2D eigenvalue weighted by Crippen LogP contribution is -2.48. The van der Waals surface area contributed by atoms with Gasteiger partial charge in [-0.1, -0.05) is 42.8 Å². The second-order valence-electron chi connectivity index (χ2n) is 9.92. The highest BCUT2D eigenvalue weighted by molar-refractivity contribution is 6.07. The van der Waals surface area contributed by atoms with Crippen LogP contribution in [0.15, 0.2) is 48.5 Å². The Morgan fingerprint density at radius 1 is 1.11 bits per heavy atom. The number of carbonyl (C=O) groups excluding carboxylic acids is 4. The van der Waals surface area contributed by atoms with E-state index in [0.29, 0.717) is 18.5 Å². The van der Waals surface area contributed by atoms with Gasteiger partial charge in [0.25, 0.3) is 5.91 Å². The summed E-state index contributed by atoms with van der Waals surface area (Å²) in [5, 5.41) is 5.33. The monoisotopic (exact) mass is 474 g/mol. The molecule has 2 aliphatic carbocycles. The molecule has 8 nitrogen and oxygen atoms in total. The summed E-state index contributed by atoms with van der Waals surface area (Å²) < 4.78 is 0. The van der Waals surface area contributed by atoms with Crippen LogP contribution in [0.4, 0.5) is 10.5 Å². The van der Waals surface area contributed by atoms with Gasteiger partial charge in [-0.2, -0.15) is 0 Å². The zero-order valence-corrected chi connectivity index (χ0v) is 20.0. The number of nitrogens with zero attached hydrogens (tertiary/aromatic N) is 2. The minimum atomic E-state index is -0.904. The molecule has 35 heavy (non-hydrogen) atoms. The molecule has 2 atom stereocenters. The maximum atomic E-state index is 13.2. The zero-order valence-electron chi connectivity index (χ0n) is 20.0. The molecule has 2 N–H and O–H groups in total. The molecule has 3 aliphatic rings. The number of likely N-dealkylation sites (N-methyl/N-ethyl adjacent to an activating group) is 1. The van der Waals surface area contributed by atoms with Crippen molar-refractivity contribution in [2.75, 3.05) is 18.9 Å². The number of rotatable bonds is 6. The highest BCUT2D eigenvalue weighted by Gasteiger charge is 2.54. The van der Waals surface area contributed by atoms with Crippen molar-refractivity contribution in [3.05, 3.63) is 65.2 Å². The van der Waals surface area contributed by atoms with E-state index in [-0.39, 0.29) is 42.3 Å². The quantitative estimate of drug-likeness (QED) is 0.629. The van der Waals surface area contributed by atoms with Crippen molar-refractivity contribution < 1.29 is 19.2 Å². The average Bonchev–Trinajstić information content (AvgIpc) is 3.29. The molecular weight excluding hydrogens is 444 g/mol. The highest BCUT2D eigenvalue weighted by atomic mass is 16.2. The molecule has 1 saturated heterocycles. The van der Waals surface area contributed by atoms with Crippen LogP contribution in [0.3, 0.4) is 0 Å². The van der Waals surface area contributed by atoms with E-state index < -0.39 is 5.54 Å². The lowest BCUT2D eigenvalue weighted by atomic mass is 9.84. The van der Waals surface area contributed by atoms with E-state index in [4.69, 9.17) is 0 Å². The van der Waals surface area contributed by atoms with Gasteiger partial charge in [-0.25, -0.2) is 4.79 Å². The first kappa shape index (κ1) is 23.1. The van der Waals surface area contributed by atoms with E-state index in [0.717, 1.165) is 36.0 Å². The van der Waals surface area contributed by atoms with Crippen molar-refractivity contribution >= 4 is 29.4 Å². The van der Waals surface area contributed by atoms with Crippen LogP contribution in [-0.2, 0) is 27.2 Å². The Balaban J connectivity index is 1.30. The van der Waals surface area contributed by atoms with Crippen LogP contribution < -0.4 is 10.6 Å². The number of urea groups is 1. The van der Waals surface area contributed by atoms with Gasteiger partial charge in [0.05, 0.1) is 6.04 Å². The lowest BCUT2D eigenvalue weighted by molar-refractivity contribution is -0.143. The van der Waals surface area contributed by atoms with Gasteiger partial charge in [-0.3, -0.25) is 19.7 Å². The molecule has 0 radical (unpaired) electrons. The molecule has 182 valence electrons. The molecule has 2 aromatic rings. The number of carbonyl (C=O) groups is 4. The summed E-state index contributed by atoms with van der Waals surface area (Å²) in [5.41, 5.74) is 2.61. The smallest absolute Gasteiger partial charge is 0.324 e. The van der Waals surface area contributed by atoms with Gasteiger partial charge in [0.2, 0.25) is 11.8 Å². The summed E-state index contributed by atoms with van der Waals surface area (Å²) in [7, 11) is 1.64. The van der Waals surface area contributed by atoms with Crippen LogP contribution in [0.2, 0.25) is 0 Å². The van der Waals surface area contributed by atoms with Crippen LogP contribution in [0.5, 0.6) is 0 Å². The molecule has 2 fully saturated rings. The fourth-order valence-electron chi connectivity index (χ4n) is 5.34. The summed E-state index contributed by atoms with van der Waals surface area (Å²) in [6.45, 7) is 1.92. The molecule has 1 spiro atoms. The van der Waals surface area contributed by atoms with Gasteiger partial charge in [0.1, 0.15) is 12.1 Å². The molecule has 0 unspecified atom stereocenters. The van der Waals surface area contributed by atoms with Gasteiger partial charge in [0, 0.05) is 31.5 Å². The first-order chi connectivity index (χ1) is 16.8. The fraction of sp³-hybridized carbons (Fsp3) is 0.407. The predicted octanol–water partition coefficient (Wildman–Crippen LogP) is 3.03. The lowest BCUT2D eigenvalue weighted by Gasteiger charge is -2.35. The van der Waals surface area contributed by atoms with Crippen molar-refractivity contribution in [3.8, 4) is 0 Å². The summed E-state index contributed by atoms with van der Waals surface area (Å²) in [5.74, 6) is -0.535. The number of hydrogen-bond donors (Lipinski definition) is 2. The Kier molecular flexibility index (Phi) is 5.83. The summed E-state index contributed by atoms with van der Waals surface area (Å²) in [6.07, 6.45) is 3.64. The molecule has 0 aromatic heterocycles. The van der Waals surface area contributed by atoms with E-state index >= 15 is 0 Å². The SMILES string of the molecule is C[C@H](c1ccccc1)N(CC(=O)Nc1ccc2c(c1)C[C@@]1(C2)C(=O)NC(=O)N1C)C(=O)C1CCC1. The van der Waals surface area contributed by atoms with E-state index in [1.807, 2.05) is 55.5 Å². The second kappa shape index (κ2) is 8.83. The number of anilines is 1. The van der Waals surface area contributed by atoms with Crippen molar-refractivity contribution in [2.24, 2.45) is 5.92 Å². The second-order valence-corrected chi connectivity index (χ2v) is 9.92. The van der Waals surface area contributed by atoms with Crippen LogP contribution in [-0.4, -0.2) is 52.7 Å². The topological polar surface area (TPSA) is 98.8 Å². The first-order valence-electron chi connectivity index (χ1n) is 12.1. The Hall–Kier alpha value is -3.68. The van der Waals surface area contributed by atoms with Crippen LogP contribution in [0, 0.1) is 5.92 Å². The summed E-state index contributed by atoms with van der Waals surface area (Å²) in [4.78, 5) is 53.9. The maximum absolute atomic E-state index is 13.2. The number of nitrogens with one attached hydrogen (secondary N) is 2. The average molecular weight is 475 g/mol. The highest BCUT2D eigenvalue weighted by Crippen LogP contribution is 2.38. The zero-order chi connectivity index (χ0) is 24.7. The summed E-state index contributed by atoms with van der Waals surface area (Å²) >= 11 is 0. The Morgan fingerprint density at radius 2 is 1.83 bits per heavy atom. The molecule has 5 amide bonds. The third-order valence-corrected chi connectivity index (χ3v) is 7.85. The molecule has 8 heteroatoms. The van der Waals surface area contributed by atoms with Gasteiger partial charge < -0.3 is 15.1 Å². The predicted molar refractivity (Wildman–Crippen MR) is 130 cm³/mol. The Bertz CT molecular complexity index is 1190. The van der Waals surface area contributed by atoms with Gasteiger partial charge >= 0.3 is 6.03 Å². The number of amides is 5. The third-order valence-electron chi connectivity index (χ3n) is 7.85.